The number of thioether (sulfide) groups is 1. The van der Waals surface area contributed by atoms with Crippen molar-refractivity contribution in [3.05, 3.63) is 37.6 Å². The molecule has 35 heavy (non-hydrogen) atoms. The number of hydrogen-bond donors (Lipinski definition) is 1. The lowest BCUT2D eigenvalue weighted by Crippen LogP contribution is -2.39. The second-order valence-electron chi connectivity index (χ2n) is 10.2. The van der Waals surface area contributed by atoms with Crippen molar-refractivity contribution >= 4 is 23.4 Å². The summed E-state index contributed by atoms with van der Waals surface area (Å²) in [6.07, 6.45) is 8.22. The number of aromatic nitrogens is 2. The molecular weight excluding hydrogens is 462 g/mol. The van der Waals surface area contributed by atoms with E-state index in [2.05, 4.69) is 26.1 Å². The van der Waals surface area contributed by atoms with Crippen LogP contribution in [0.1, 0.15) is 93.2 Å². The molecule has 0 saturated heterocycles. The maximum absolute atomic E-state index is 12.5. The third-order valence-corrected chi connectivity index (χ3v) is 7.14. The number of anilines is 1. The molecule has 202 valence electrons. The molecule has 1 aromatic heterocycles. The Morgan fingerprint density at radius 2 is 1.71 bits per heavy atom. The molecule has 0 aromatic carbocycles. The lowest BCUT2D eigenvalue weighted by molar-refractivity contribution is -0.151. The predicted molar refractivity (Wildman–Crippen MR) is 150 cm³/mol. The first-order chi connectivity index (χ1) is 16.2. The van der Waals surface area contributed by atoms with Crippen molar-refractivity contribution < 1.29 is 9.53 Å². The summed E-state index contributed by atoms with van der Waals surface area (Å²) in [5.41, 5.74) is 0.228. The van der Waals surface area contributed by atoms with Gasteiger partial charge in [-0.05, 0) is 59.3 Å². The van der Waals surface area contributed by atoms with Crippen LogP contribution >= 0.6 is 11.8 Å². The lowest BCUT2D eigenvalue weighted by atomic mass is 9.94. The van der Waals surface area contributed by atoms with Crippen molar-refractivity contribution in [3.8, 4) is 0 Å². The average molecular weight is 512 g/mol. The largest absolute Gasteiger partial charge is 0.460 e. The van der Waals surface area contributed by atoms with E-state index in [0.717, 1.165) is 21.3 Å². The zero-order chi connectivity index (χ0) is 27.3. The van der Waals surface area contributed by atoms with Crippen LogP contribution in [-0.2, 0) is 23.6 Å². The van der Waals surface area contributed by atoms with Gasteiger partial charge in [0.25, 0.3) is 5.56 Å². The summed E-state index contributed by atoms with van der Waals surface area (Å²) < 4.78 is 7.46. The summed E-state index contributed by atoms with van der Waals surface area (Å²) in [6, 6.07) is 0. The Morgan fingerprint density at radius 1 is 1.11 bits per heavy atom. The standard InChI is InChI=1S/C21H37N3O2S.C6H12O2/c1-8-11-17(13-12-15(4)9-2)14-27-18(10-3)22-19-16(5)23(6)21(26)24(7)20(19)25;1-5(7)8-6(2,3)4/h10,15,17,22H,8-9,11-14H2,1-7H3;1-4H3/b18-10+;. The smallest absolute Gasteiger partial charge is 0.330 e. The third kappa shape index (κ3) is 12.5. The van der Waals surface area contributed by atoms with Gasteiger partial charge in [0.2, 0.25) is 0 Å². The summed E-state index contributed by atoms with van der Waals surface area (Å²) >= 11 is 1.77. The van der Waals surface area contributed by atoms with Gasteiger partial charge < -0.3 is 10.1 Å². The van der Waals surface area contributed by atoms with Crippen molar-refractivity contribution in [3.63, 3.8) is 0 Å². The summed E-state index contributed by atoms with van der Waals surface area (Å²) in [5, 5.41) is 4.25. The van der Waals surface area contributed by atoms with Crippen LogP contribution in [0.3, 0.4) is 0 Å². The first kappa shape index (κ1) is 33.0. The molecule has 1 N–H and O–H groups in total. The van der Waals surface area contributed by atoms with Gasteiger partial charge in [0.05, 0.1) is 5.03 Å². The Balaban J connectivity index is 0.00000124. The number of allylic oxidation sites excluding steroid dienone is 1. The molecule has 2 atom stereocenters. The van der Waals surface area contributed by atoms with E-state index in [9.17, 15) is 14.4 Å². The van der Waals surface area contributed by atoms with Crippen molar-refractivity contribution in [1.82, 2.24) is 9.13 Å². The van der Waals surface area contributed by atoms with Crippen molar-refractivity contribution in [2.75, 3.05) is 11.1 Å². The summed E-state index contributed by atoms with van der Waals surface area (Å²) in [5.74, 6) is 2.29. The number of carbonyl (C=O) groups is 1. The van der Waals surface area contributed by atoms with E-state index >= 15 is 0 Å². The molecule has 0 bridgehead atoms. The fourth-order valence-corrected chi connectivity index (χ4v) is 4.58. The minimum absolute atomic E-state index is 0.225. The predicted octanol–water partition coefficient (Wildman–Crippen LogP) is 5.99. The number of nitrogens with one attached hydrogen (secondary N) is 1. The Labute approximate surface area is 216 Å². The number of ether oxygens (including phenoxy) is 1. The molecule has 0 fully saturated rings. The molecule has 0 spiro atoms. The van der Waals surface area contributed by atoms with Crippen molar-refractivity contribution in [1.29, 1.82) is 0 Å². The van der Waals surface area contributed by atoms with Gasteiger partial charge in [0.15, 0.2) is 0 Å². The van der Waals surface area contributed by atoms with Gasteiger partial charge in [0, 0.05) is 32.5 Å². The molecule has 0 saturated carbocycles. The van der Waals surface area contributed by atoms with Gasteiger partial charge in [-0.25, -0.2) is 4.79 Å². The molecule has 1 heterocycles. The lowest BCUT2D eigenvalue weighted by Gasteiger charge is -2.20. The summed E-state index contributed by atoms with van der Waals surface area (Å²) in [6.45, 7) is 17.5. The van der Waals surface area contributed by atoms with Gasteiger partial charge in [-0.2, -0.15) is 0 Å². The van der Waals surface area contributed by atoms with E-state index in [-0.39, 0.29) is 22.8 Å². The van der Waals surface area contributed by atoms with Gasteiger partial charge in [-0.3, -0.25) is 18.7 Å². The van der Waals surface area contributed by atoms with E-state index in [0.29, 0.717) is 17.3 Å². The van der Waals surface area contributed by atoms with Crippen molar-refractivity contribution in [2.45, 2.75) is 100 Å². The molecule has 0 amide bonds. The molecule has 0 radical (unpaired) electrons. The number of carbonyl (C=O) groups excluding carboxylic acids is 1. The van der Waals surface area contributed by atoms with Gasteiger partial charge in [-0.1, -0.05) is 46.1 Å². The molecule has 7 nitrogen and oxygen atoms in total. The highest BCUT2D eigenvalue weighted by Crippen LogP contribution is 2.27. The number of nitrogens with zero attached hydrogens (tertiary/aromatic N) is 2. The first-order valence-electron chi connectivity index (χ1n) is 12.7. The molecule has 0 aliphatic carbocycles. The maximum atomic E-state index is 12.5. The quantitative estimate of drug-likeness (QED) is 0.368. The van der Waals surface area contributed by atoms with Crippen LogP contribution in [0.4, 0.5) is 5.69 Å². The van der Waals surface area contributed by atoms with Crippen LogP contribution < -0.4 is 16.6 Å². The summed E-state index contributed by atoms with van der Waals surface area (Å²) in [7, 11) is 3.21. The van der Waals surface area contributed by atoms with E-state index in [1.165, 1.54) is 50.6 Å². The highest BCUT2D eigenvalue weighted by molar-refractivity contribution is 8.03. The monoisotopic (exact) mass is 511 g/mol. The zero-order valence-corrected chi connectivity index (χ0v) is 24.7. The molecule has 0 aliphatic rings. The fraction of sp³-hybridized carbons (Fsp3) is 0.741. The molecular formula is C27H49N3O4S. The van der Waals surface area contributed by atoms with E-state index < -0.39 is 0 Å². The van der Waals surface area contributed by atoms with Crippen LogP contribution in [0.2, 0.25) is 0 Å². The minimum Gasteiger partial charge on any atom is -0.460 e. The van der Waals surface area contributed by atoms with Gasteiger partial charge in [-0.15, -0.1) is 11.8 Å². The molecule has 2 unspecified atom stereocenters. The van der Waals surface area contributed by atoms with E-state index in [1.54, 1.807) is 25.7 Å². The number of hydrogen-bond acceptors (Lipinski definition) is 6. The van der Waals surface area contributed by atoms with E-state index in [4.69, 9.17) is 4.74 Å². The molecule has 0 aliphatic heterocycles. The second-order valence-corrected chi connectivity index (χ2v) is 11.3. The van der Waals surface area contributed by atoms with Crippen molar-refractivity contribution in [2.24, 2.45) is 25.9 Å². The Bertz CT molecular complexity index is 941. The molecule has 1 aromatic rings. The SMILES string of the molecule is C/C=C(\Nc1c(C)n(C)c(=O)n(C)c1=O)SCC(CCC)CCC(C)CC.CC(=O)OC(C)(C)C. The Hall–Kier alpha value is -1.96. The number of rotatable bonds is 11. The van der Waals surface area contributed by atoms with Crippen LogP contribution in [0.15, 0.2) is 20.7 Å². The van der Waals surface area contributed by atoms with Gasteiger partial charge >= 0.3 is 11.7 Å². The van der Waals surface area contributed by atoms with Crippen LogP contribution in [0.25, 0.3) is 0 Å². The van der Waals surface area contributed by atoms with E-state index in [1.807, 2.05) is 33.8 Å². The van der Waals surface area contributed by atoms with Crippen LogP contribution in [-0.4, -0.2) is 26.5 Å². The zero-order valence-electron chi connectivity index (χ0n) is 23.9. The first-order valence-corrected chi connectivity index (χ1v) is 13.7. The molecule has 1 rings (SSSR count). The third-order valence-electron chi connectivity index (χ3n) is 5.85. The second kappa shape index (κ2) is 15.9. The molecule has 8 heteroatoms. The normalized spacial score (nSPS) is 13.5. The van der Waals surface area contributed by atoms with Crippen LogP contribution in [0, 0.1) is 18.8 Å². The minimum atomic E-state index is -0.328. The summed E-state index contributed by atoms with van der Waals surface area (Å²) in [4.78, 5) is 34.8. The highest BCUT2D eigenvalue weighted by atomic mass is 32.2. The van der Waals surface area contributed by atoms with Crippen LogP contribution in [0.5, 0.6) is 0 Å². The Morgan fingerprint density at radius 3 is 2.14 bits per heavy atom. The fourth-order valence-electron chi connectivity index (χ4n) is 3.49. The topological polar surface area (TPSA) is 82.3 Å². The van der Waals surface area contributed by atoms with Gasteiger partial charge in [0.1, 0.15) is 11.3 Å². The number of esters is 1. The maximum Gasteiger partial charge on any atom is 0.330 e. The Kier molecular flexibility index (Phi) is 15.0. The average Bonchev–Trinajstić information content (AvgIpc) is 2.77. The highest BCUT2D eigenvalue weighted by Gasteiger charge is 2.15.